The Bertz CT molecular complexity index is 620. The molecule has 0 bridgehead atoms. The van der Waals surface area contributed by atoms with Crippen molar-refractivity contribution in [3.05, 3.63) is 47.2 Å². The number of nitrogens with zero attached hydrogens (tertiary/aromatic N) is 2. The second-order valence-corrected chi connectivity index (χ2v) is 4.04. The van der Waals surface area contributed by atoms with Gasteiger partial charge in [-0.15, -0.1) is 0 Å². The van der Waals surface area contributed by atoms with Gasteiger partial charge in [0.15, 0.2) is 5.69 Å². The van der Waals surface area contributed by atoms with E-state index >= 15 is 0 Å². The zero-order chi connectivity index (χ0) is 14.7. The molecular weight excluding hydrogens is 270 g/mol. The average molecular weight is 282 g/mol. The van der Waals surface area contributed by atoms with Crippen molar-refractivity contribution in [1.82, 2.24) is 9.78 Å². The molecule has 0 aliphatic rings. The van der Waals surface area contributed by atoms with E-state index in [1.165, 1.54) is 0 Å². The number of halogens is 2. The van der Waals surface area contributed by atoms with Crippen molar-refractivity contribution in [3.8, 4) is 5.88 Å². The highest BCUT2D eigenvalue weighted by Crippen LogP contribution is 2.16. The first-order chi connectivity index (χ1) is 9.49. The summed E-state index contributed by atoms with van der Waals surface area (Å²) in [5.74, 6) is -2.42. The number of ether oxygens (including phenoxy) is 1. The summed E-state index contributed by atoms with van der Waals surface area (Å²) >= 11 is 0. The first-order valence-corrected chi connectivity index (χ1v) is 5.88. The van der Waals surface area contributed by atoms with Crippen LogP contribution in [0, 0.1) is 11.6 Å². The first-order valence-electron chi connectivity index (χ1n) is 5.88. The largest absolute Gasteiger partial charge is 0.493 e. The Kier molecular flexibility index (Phi) is 3.97. The van der Waals surface area contributed by atoms with Gasteiger partial charge in [-0.2, -0.15) is 5.10 Å². The summed E-state index contributed by atoms with van der Waals surface area (Å²) in [4.78, 5) is 11.4. The molecule has 0 saturated heterocycles. The van der Waals surface area contributed by atoms with E-state index in [1.807, 2.05) is 0 Å². The lowest BCUT2D eigenvalue weighted by molar-refractivity contribution is 0.0518. The number of rotatable bonds is 4. The Morgan fingerprint density at radius 1 is 1.30 bits per heavy atom. The molecule has 1 N–H and O–H groups in total. The molecule has 5 nitrogen and oxygen atoms in total. The van der Waals surface area contributed by atoms with Crippen LogP contribution in [0.15, 0.2) is 24.3 Å². The van der Waals surface area contributed by atoms with Gasteiger partial charge in [0, 0.05) is 12.1 Å². The predicted octanol–water partition coefficient (Wildman–Crippen LogP) is 2.09. The maximum Gasteiger partial charge on any atom is 0.358 e. The number of benzene rings is 1. The molecule has 2 aromatic rings. The number of esters is 1. The van der Waals surface area contributed by atoms with Crippen LogP contribution in [-0.2, 0) is 11.3 Å². The zero-order valence-corrected chi connectivity index (χ0v) is 10.6. The van der Waals surface area contributed by atoms with Gasteiger partial charge in [-0.25, -0.2) is 18.3 Å². The van der Waals surface area contributed by atoms with E-state index in [-0.39, 0.29) is 30.3 Å². The fourth-order valence-corrected chi connectivity index (χ4v) is 1.70. The van der Waals surface area contributed by atoms with E-state index in [9.17, 15) is 18.7 Å². The molecule has 7 heteroatoms. The average Bonchev–Trinajstić information content (AvgIpc) is 2.70. The van der Waals surface area contributed by atoms with Crippen LogP contribution >= 0.6 is 0 Å². The zero-order valence-electron chi connectivity index (χ0n) is 10.6. The molecule has 0 spiro atoms. The minimum atomic E-state index is -0.725. The summed E-state index contributed by atoms with van der Waals surface area (Å²) in [6, 6.07) is 4.12. The summed E-state index contributed by atoms with van der Waals surface area (Å²) in [5, 5.41) is 13.5. The van der Waals surface area contributed by atoms with E-state index in [2.05, 4.69) is 5.10 Å². The number of aromatic hydroxyl groups is 1. The molecule has 1 aromatic heterocycles. The van der Waals surface area contributed by atoms with E-state index < -0.39 is 17.6 Å². The number of hydrogen-bond acceptors (Lipinski definition) is 4. The quantitative estimate of drug-likeness (QED) is 0.872. The summed E-state index contributed by atoms with van der Waals surface area (Å²) < 4.78 is 31.9. The molecule has 0 saturated carbocycles. The highest BCUT2D eigenvalue weighted by atomic mass is 19.1. The Morgan fingerprint density at radius 2 is 1.95 bits per heavy atom. The lowest BCUT2D eigenvalue weighted by atomic mass is 10.2. The minimum absolute atomic E-state index is 0.0683. The maximum atomic E-state index is 13.1. The Morgan fingerprint density at radius 3 is 2.55 bits per heavy atom. The van der Waals surface area contributed by atoms with E-state index in [4.69, 9.17) is 4.74 Å². The minimum Gasteiger partial charge on any atom is -0.493 e. The summed E-state index contributed by atoms with van der Waals surface area (Å²) in [5.41, 5.74) is 0.206. The van der Waals surface area contributed by atoms with Crippen molar-refractivity contribution in [2.24, 2.45) is 0 Å². The molecule has 1 heterocycles. The Balaban J connectivity index is 2.23. The third-order valence-electron chi connectivity index (χ3n) is 2.50. The van der Waals surface area contributed by atoms with Crippen molar-refractivity contribution >= 4 is 5.97 Å². The molecule has 0 unspecified atom stereocenters. The fourth-order valence-electron chi connectivity index (χ4n) is 1.70. The van der Waals surface area contributed by atoms with Crippen LogP contribution in [-0.4, -0.2) is 27.5 Å². The molecule has 0 fully saturated rings. The number of carbonyl (C=O) groups is 1. The number of carbonyl (C=O) groups excluding carboxylic acids is 1. The molecule has 0 amide bonds. The smallest absolute Gasteiger partial charge is 0.358 e. The first kappa shape index (κ1) is 14.0. The van der Waals surface area contributed by atoms with Crippen molar-refractivity contribution in [3.63, 3.8) is 0 Å². The van der Waals surface area contributed by atoms with E-state index in [0.717, 1.165) is 28.9 Å². The molecule has 0 radical (unpaired) electrons. The van der Waals surface area contributed by atoms with Crippen LogP contribution in [0.3, 0.4) is 0 Å². The number of hydrogen-bond donors (Lipinski definition) is 1. The van der Waals surface area contributed by atoms with Crippen molar-refractivity contribution < 1.29 is 23.4 Å². The second kappa shape index (κ2) is 5.68. The molecule has 0 atom stereocenters. The predicted molar refractivity (Wildman–Crippen MR) is 65.3 cm³/mol. The second-order valence-electron chi connectivity index (χ2n) is 4.04. The van der Waals surface area contributed by atoms with Crippen LogP contribution in [0.1, 0.15) is 23.0 Å². The lowest BCUT2D eigenvalue weighted by Crippen LogP contribution is -2.08. The molecular formula is C13H12F2N2O3. The van der Waals surface area contributed by atoms with Gasteiger partial charge in [0.05, 0.1) is 13.2 Å². The molecule has 1 aromatic carbocycles. The van der Waals surface area contributed by atoms with Crippen molar-refractivity contribution in [2.75, 3.05) is 6.61 Å². The normalized spacial score (nSPS) is 10.6. The van der Waals surface area contributed by atoms with Gasteiger partial charge in [0.25, 0.3) is 0 Å². The lowest BCUT2D eigenvalue weighted by Gasteiger charge is -2.04. The fraction of sp³-hybridized carbons (Fsp3) is 0.231. The van der Waals surface area contributed by atoms with Crippen molar-refractivity contribution in [1.29, 1.82) is 0 Å². The van der Waals surface area contributed by atoms with Gasteiger partial charge in [0.1, 0.15) is 11.6 Å². The van der Waals surface area contributed by atoms with E-state index in [1.54, 1.807) is 6.92 Å². The van der Waals surface area contributed by atoms with Gasteiger partial charge < -0.3 is 9.84 Å². The molecule has 0 aliphatic carbocycles. The molecule has 20 heavy (non-hydrogen) atoms. The molecule has 0 aliphatic heterocycles. The van der Waals surface area contributed by atoms with Gasteiger partial charge in [-0.05, 0) is 24.6 Å². The van der Waals surface area contributed by atoms with Crippen LogP contribution in [0.25, 0.3) is 0 Å². The van der Waals surface area contributed by atoms with Gasteiger partial charge in [0.2, 0.25) is 5.88 Å². The van der Waals surface area contributed by atoms with Crippen LogP contribution in [0.4, 0.5) is 8.78 Å². The van der Waals surface area contributed by atoms with Gasteiger partial charge in [-0.3, -0.25) is 0 Å². The van der Waals surface area contributed by atoms with Crippen molar-refractivity contribution in [2.45, 2.75) is 13.5 Å². The molecule has 106 valence electrons. The standard InChI is InChI=1S/C13H12F2N2O3/c1-2-20-13(19)11-6-12(18)17(16-11)7-8-3-9(14)5-10(15)4-8/h3-6,18H,2,7H2,1H3. The highest BCUT2D eigenvalue weighted by molar-refractivity contribution is 5.87. The van der Waals surface area contributed by atoms with Gasteiger partial charge in [-0.1, -0.05) is 0 Å². The SMILES string of the molecule is CCOC(=O)c1cc(O)n(Cc2cc(F)cc(F)c2)n1. The highest BCUT2D eigenvalue weighted by Gasteiger charge is 2.15. The monoisotopic (exact) mass is 282 g/mol. The van der Waals surface area contributed by atoms with E-state index in [0.29, 0.717) is 0 Å². The Hall–Kier alpha value is -2.44. The maximum absolute atomic E-state index is 13.1. The molecule has 2 rings (SSSR count). The van der Waals surface area contributed by atoms with Crippen LogP contribution in [0.2, 0.25) is 0 Å². The summed E-state index contributed by atoms with van der Waals surface area (Å²) in [7, 11) is 0. The third-order valence-corrected chi connectivity index (χ3v) is 2.50. The third kappa shape index (κ3) is 3.11. The Labute approximate surface area is 113 Å². The van der Waals surface area contributed by atoms with Gasteiger partial charge >= 0.3 is 5.97 Å². The van der Waals surface area contributed by atoms with Crippen LogP contribution in [0.5, 0.6) is 5.88 Å². The summed E-state index contributed by atoms with van der Waals surface area (Å²) in [6.07, 6.45) is 0. The number of aromatic nitrogens is 2. The topological polar surface area (TPSA) is 64.3 Å². The summed E-state index contributed by atoms with van der Waals surface area (Å²) in [6.45, 7) is 1.76. The van der Waals surface area contributed by atoms with Crippen LogP contribution < -0.4 is 0 Å².